The van der Waals surface area contributed by atoms with Gasteiger partial charge in [-0.25, -0.2) is 0 Å². The van der Waals surface area contributed by atoms with E-state index in [1.807, 2.05) is 0 Å². The Kier molecular flexibility index (Phi) is 3.65. The minimum absolute atomic E-state index is 0.0332. The topological polar surface area (TPSA) is 24.9 Å². The number of alkyl halides is 3. The van der Waals surface area contributed by atoms with E-state index in [4.69, 9.17) is 0 Å². The Hall–Kier alpha value is -1.43. The van der Waals surface area contributed by atoms with Crippen molar-refractivity contribution in [3.63, 3.8) is 0 Å². The Balaban J connectivity index is 2.58. The lowest BCUT2D eigenvalue weighted by Gasteiger charge is -2.12. The molecule has 0 atom stereocenters. The SMILES string of the molecule is FC(F)(F)c1cccc2c(NCCS)ccnc12. The first-order valence-corrected chi connectivity index (χ1v) is 5.97. The number of rotatable bonds is 3. The zero-order chi connectivity index (χ0) is 13.2. The van der Waals surface area contributed by atoms with Crippen LogP contribution in [0, 0.1) is 0 Å². The Morgan fingerprint density at radius 2 is 2.00 bits per heavy atom. The summed E-state index contributed by atoms with van der Waals surface area (Å²) < 4.78 is 38.5. The number of para-hydroxylation sites is 1. The molecule has 1 aromatic heterocycles. The van der Waals surface area contributed by atoms with Gasteiger partial charge in [-0.15, -0.1) is 0 Å². The predicted octanol–water partition coefficient (Wildman–Crippen LogP) is 3.60. The number of fused-ring (bicyclic) bond motifs is 1. The van der Waals surface area contributed by atoms with Crippen LogP contribution in [0.5, 0.6) is 0 Å². The van der Waals surface area contributed by atoms with Gasteiger partial charge in [0, 0.05) is 29.6 Å². The molecule has 18 heavy (non-hydrogen) atoms. The van der Waals surface area contributed by atoms with Crippen LogP contribution in [0.2, 0.25) is 0 Å². The summed E-state index contributed by atoms with van der Waals surface area (Å²) in [4.78, 5) is 3.84. The van der Waals surface area contributed by atoms with E-state index in [-0.39, 0.29) is 5.52 Å². The molecule has 0 aliphatic carbocycles. The number of aromatic nitrogens is 1. The van der Waals surface area contributed by atoms with Gasteiger partial charge in [-0.1, -0.05) is 12.1 Å². The predicted molar refractivity (Wildman–Crippen MR) is 69.1 cm³/mol. The normalized spacial score (nSPS) is 11.8. The van der Waals surface area contributed by atoms with Crippen molar-refractivity contribution in [3.8, 4) is 0 Å². The lowest BCUT2D eigenvalue weighted by Crippen LogP contribution is -2.08. The highest BCUT2D eigenvalue weighted by Gasteiger charge is 2.33. The largest absolute Gasteiger partial charge is 0.418 e. The quantitative estimate of drug-likeness (QED) is 0.835. The van der Waals surface area contributed by atoms with E-state index in [2.05, 4.69) is 22.9 Å². The molecule has 0 bridgehead atoms. The molecule has 0 fully saturated rings. The van der Waals surface area contributed by atoms with Gasteiger partial charge >= 0.3 is 6.18 Å². The Labute approximate surface area is 108 Å². The molecule has 0 saturated carbocycles. The number of halogens is 3. The van der Waals surface area contributed by atoms with Crippen LogP contribution in [0.25, 0.3) is 10.9 Å². The maximum Gasteiger partial charge on any atom is 0.418 e. The third-order valence-corrected chi connectivity index (χ3v) is 2.73. The Morgan fingerprint density at radius 1 is 1.22 bits per heavy atom. The van der Waals surface area contributed by atoms with Gasteiger partial charge in [-0.2, -0.15) is 25.8 Å². The van der Waals surface area contributed by atoms with Crippen molar-refractivity contribution >= 4 is 29.2 Å². The molecule has 2 nitrogen and oxygen atoms in total. The van der Waals surface area contributed by atoms with E-state index in [0.717, 1.165) is 6.07 Å². The van der Waals surface area contributed by atoms with Gasteiger partial charge in [-0.05, 0) is 12.1 Å². The summed E-state index contributed by atoms with van der Waals surface area (Å²) in [6.07, 6.45) is -3.02. The van der Waals surface area contributed by atoms with Crippen LogP contribution in [-0.2, 0) is 6.18 Å². The maximum absolute atomic E-state index is 12.8. The average molecular weight is 272 g/mol. The Morgan fingerprint density at radius 3 is 2.67 bits per heavy atom. The number of nitrogens with one attached hydrogen (secondary N) is 1. The molecule has 96 valence electrons. The molecule has 0 amide bonds. The van der Waals surface area contributed by atoms with E-state index >= 15 is 0 Å². The van der Waals surface area contributed by atoms with Crippen molar-refractivity contribution in [2.45, 2.75) is 6.18 Å². The summed E-state index contributed by atoms with van der Waals surface area (Å²) in [6, 6.07) is 5.71. The minimum atomic E-state index is -4.39. The maximum atomic E-state index is 12.8. The van der Waals surface area contributed by atoms with Gasteiger partial charge < -0.3 is 5.32 Å². The third kappa shape index (κ3) is 2.53. The molecule has 0 radical (unpaired) electrons. The van der Waals surface area contributed by atoms with Crippen LogP contribution in [0.15, 0.2) is 30.5 Å². The van der Waals surface area contributed by atoms with Gasteiger partial charge in [0.15, 0.2) is 0 Å². The van der Waals surface area contributed by atoms with Gasteiger partial charge in [0.05, 0.1) is 11.1 Å². The third-order valence-electron chi connectivity index (χ3n) is 2.50. The van der Waals surface area contributed by atoms with E-state index < -0.39 is 11.7 Å². The van der Waals surface area contributed by atoms with E-state index in [0.29, 0.717) is 23.4 Å². The fraction of sp³-hybridized carbons (Fsp3) is 0.250. The number of benzene rings is 1. The molecule has 0 unspecified atom stereocenters. The summed E-state index contributed by atoms with van der Waals surface area (Å²) >= 11 is 4.05. The van der Waals surface area contributed by atoms with Crippen LogP contribution in [0.4, 0.5) is 18.9 Å². The van der Waals surface area contributed by atoms with Crippen LogP contribution in [0.1, 0.15) is 5.56 Å². The molecule has 1 N–H and O–H groups in total. The van der Waals surface area contributed by atoms with Crippen molar-refractivity contribution in [1.82, 2.24) is 4.98 Å². The lowest BCUT2D eigenvalue weighted by atomic mass is 10.1. The van der Waals surface area contributed by atoms with Crippen LogP contribution >= 0.6 is 12.6 Å². The molecular weight excluding hydrogens is 261 g/mol. The summed E-state index contributed by atoms with van der Waals surface area (Å²) in [5, 5.41) is 3.50. The standard InChI is InChI=1S/C12H11F3N2S/c13-12(14,15)9-3-1-2-8-10(16-6-7-18)4-5-17-11(8)9/h1-5,18H,6-7H2,(H,16,17). The molecule has 0 aliphatic heterocycles. The first-order chi connectivity index (χ1) is 8.54. The summed E-state index contributed by atoms with van der Waals surface area (Å²) in [5.74, 6) is 0.600. The van der Waals surface area contributed by atoms with Crippen molar-refractivity contribution in [3.05, 3.63) is 36.0 Å². The van der Waals surface area contributed by atoms with E-state index in [1.54, 1.807) is 12.1 Å². The van der Waals surface area contributed by atoms with Crippen molar-refractivity contribution in [2.24, 2.45) is 0 Å². The molecule has 6 heteroatoms. The zero-order valence-corrected chi connectivity index (χ0v) is 10.2. The average Bonchev–Trinajstić information content (AvgIpc) is 2.34. The summed E-state index contributed by atoms with van der Waals surface area (Å²) in [7, 11) is 0. The lowest BCUT2D eigenvalue weighted by molar-refractivity contribution is -0.136. The second-order valence-corrected chi connectivity index (χ2v) is 4.16. The second kappa shape index (κ2) is 5.06. The van der Waals surface area contributed by atoms with E-state index in [9.17, 15) is 13.2 Å². The van der Waals surface area contributed by atoms with Crippen LogP contribution in [0.3, 0.4) is 0 Å². The molecule has 0 saturated heterocycles. The fourth-order valence-corrected chi connectivity index (χ4v) is 1.86. The van der Waals surface area contributed by atoms with Crippen molar-refractivity contribution in [1.29, 1.82) is 0 Å². The first kappa shape index (κ1) is 13.0. The number of hydrogen-bond acceptors (Lipinski definition) is 3. The number of anilines is 1. The highest BCUT2D eigenvalue weighted by Crippen LogP contribution is 2.35. The Bertz CT molecular complexity index is 555. The van der Waals surface area contributed by atoms with Crippen LogP contribution in [-0.4, -0.2) is 17.3 Å². The van der Waals surface area contributed by atoms with Gasteiger partial charge in [0.2, 0.25) is 0 Å². The number of nitrogens with zero attached hydrogens (tertiary/aromatic N) is 1. The minimum Gasteiger partial charge on any atom is -0.384 e. The number of pyridine rings is 1. The zero-order valence-electron chi connectivity index (χ0n) is 9.33. The van der Waals surface area contributed by atoms with Crippen LogP contribution < -0.4 is 5.32 Å². The fourth-order valence-electron chi connectivity index (χ4n) is 1.75. The smallest absolute Gasteiger partial charge is 0.384 e. The number of thiol groups is 1. The summed E-state index contributed by atoms with van der Waals surface area (Å²) in [6.45, 7) is 0.582. The van der Waals surface area contributed by atoms with Gasteiger partial charge in [0.25, 0.3) is 0 Å². The van der Waals surface area contributed by atoms with Crippen molar-refractivity contribution < 1.29 is 13.2 Å². The molecule has 2 rings (SSSR count). The molecule has 0 spiro atoms. The van der Waals surface area contributed by atoms with Gasteiger partial charge in [-0.3, -0.25) is 4.98 Å². The molecule has 1 heterocycles. The highest BCUT2D eigenvalue weighted by molar-refractivity contribution is 7.80. The molecular formula is C12H11F3N2S. The van der Waals surface area contributed by atoms with Crippen molar-refractivity contribution in [2.75, 3.05) is 17.6 Å². The number of hydrogen-bond donors (Lipinski definition) is 2. The molecule has 2 aromatic rings. The molecule has 0 aliphatic rings. The monoisotopic (exact) mass is 272 g/mol. The summed E-state index contributed by atoms with van der Waals surface area (Å²) in [5.41, 5.74) is -0.108. The second-order valence-electron chi connectivity index (χ2n) is 3.71. The highest BCUT2D eigenvalue weighted by atomic mass is 32.1. The van der Waals surface area contributed by atoms with E-state index in [1.165, 1.54) is 12.3 Å². The van der Waals surface area contributed by atoms with Gasteiger partial charge in [0.1, 0.15) is 0 Å². The first-order valence-electron chi connectivity index (χ1n) is 5.33. The molecule has 1 aromatic carbocycles.